The van der Waals surface area contributed by atoms with Crippen LogP contribution in [0.15, 0.2) is 40.9 Å². The summed E-state index contributed by atoms with van der Waals surface area (Å²) < 4.78 is 3.99. The Morgan fingerprint density at radius 3 is 2.81 bits per heavy atom. The molecule has 0 radical (unpaired) electrons. The van der Waals surface area contributed by atoms with E-state index < -0.39 is 0 Å². The first-order valence-corrected chi connectivity index (χ1v) is 12.6. The Hall–Kier alpha value is -2.04. The van der Waals surface area contributed by atoms with Gasteiger partial charge in [0.2, 0.25) is 5.91 Å². The maximum absolute atomic E-state index is 12.3. The number of carbonyl (C=O) groups excluding carboxylic acids is 1. The van der Waals surface area contributed by atoms with E-state index in [9.17, 15) is 4.79 Å². The van der Waals surface area contributed by atoms with Crippen molar-refractivity contribution in [2.45, 2.75) is 43.5 Å². The van der Waals surface area contributed by atoms with Crippen LogP contribution < -0.4 is 5.32 Å². The smallest absolute Gasteiger partial charge is 0.230 e. The lowest BCUT2D eigenvalue weighted by Crippen LogP contribution is -2.26. The van der Waals surface area contributed by atoms with E-state index in [4.69, 9.17) is 11.6 Å². The lowest BCUT2D eigenvalue weighted by atomic mass is 10.2. The number of aromatic nitrogens is 6. The molecule has 11 heteroatoms. The molecule has 0 aliphatic carbocycles. The van der Waals surface area contributed by atoms with E-state index in [-0.39, 0.29) is 11.7 Å². The van der Waals surface area contributed by atoms with Crippen molar-refractivity contribution in [1.82, 2.24) is 34.8 Å². The molecule has 2 aromatic heterocycles. The fourth-order valence-corrected chi connectivity index (χ4v) is 4.45. The minimum atomic E-state index is -0.0425. The van der Waals surface area contributed by atoms with Gasteiger partial charge in [-0.2, -0.15) is 0 Å². The van der Waals surface area contributed by atoms with Gasteiger partial charge in [-0.25, -0.2) is 0 Å². The number of benzene rings is 1. The average molecular weight is 480 g/mol. The van der Waals surface area contributed by atoms with Crippen molar-refractivity contribution < 1.29 is 4.79 Å². The number of hydrogen-bond acceptors (Lipinski definition) is 7. The number of carbonyl (C=O) groups is 1. The van der Waals surface area contributed by atoms with Gasteiger partial charge < -0.3 is 9.88 Å². The standard InChI is InChI=1S/C20H26ClN7OS2/c1-14(2)11-27-17(24-26-19(27)30-3)8-5-9-22-18(29)12-31-20-25-23-13-28(20)16-7-4-6-15(21)10-16/h4,6-7,10,13-14H,5,8-9,11-12H2,1-3H3,(H,22,29). The van der Waals surface area contributed by atoms with Crippen molar-refractivity contribution >= 4 is 41.0 Å². The van der Waals surface area contributed by atoms with Crippen molar-refractivity contribution in [2.75, 3.05) is 18.6 Å². The van der Waals surface area contributed by atoms with Crippen LogP contribution in [0.25, 0.3) is 5.69 Å². The van der Waals surface area contributed by atoms with Crippen molar-refractivity contribution in [3.05, 3.63) is 41.4 Å². The molecular formula is C20H26ClN7OS2. The number of nitrogens with one attached hydrogen (secondary N) is 1. The van der Waals surface area contributed by atoms with Crippen LogP contribution in [0.4, 0.5) is 0 Å². The number of halogens is 1. The highest BCUT2D eigenvalue weighted by Crippen LogP contribution is 2.21. The molecule has 2 heterocycles. The molecule has 0 saturated carbocycles. The van der Waals surface area contributed by atoms with E-state index >= 15 is 0 Å². The van der Waals surface area contributed by atoms with Gasteiger partial charge in [-0.1, -0.05) is 55.0 Å². The van der Waals surface area contributed by atoms with Gasteiger partial charge in [-0.3, -0.25) is 9.36 Å². The van der Waals surface area contributed by atoms with Crippen molar-refractivity contribution in [2.24, 2.45) is 5.92 Å². The maximum Gasteiger partial charge on any atom is 0.230 e. The van der Waals surface area contributed by atoms with Gasteiger partial charge in [0.25, 0.3) is 0 Å². The third kappa shape index (κ3) is 6.72. The highest BCUT2D eigenvalue weighted by molar-refractivity contribution is 7.99. The molecule has 8 nitrogen and oxygen atoms in total. The molecule has 166 valence electrons. The third-order valence-corrected chi connectivity index (χ3v) is 6.20. The summed E-state index contributed by atoms with van der Waals surface area (Å²) in [5.74, 6) is 1.71. The molecule has 0 unspecified atom stereocenters. The zero-order valence-electron chi connectivity index (χ0n) is 17.8. The predicted molar refractivity (Wildman–Crippen MR) is 125 cm³/mol. The highest BCUT2D eigenvalue weighted by Gasteiger charge is 2.13. The SMILES string of the molecule is CSc1nnc(CCCNC(=O)CSc2nncn2-c2cccc(Cl)c2)n1CC(C)C. The Bertz CT molecular complexity index is 1010. The van der Waals surface area contributed by atoms with E-state index in [0.717, 1.165) is 36.1 Å². The monoisotopic (exact) mass is 479 g/mol. The molecule has 31 heavy (non-hydrogen) atoms. The van der Waals surface area contributed by atoms with Gasteiger partial charge in [-0.15, -0.1) is 20.4 Å². The van der Waals surface area contributed by atoms with E-state index in [0.29, 0.717) is 22.6 Å². The largest absolute Gasteiger partial charge is 0.355 e. The predicted octanol–water partition coefficient (Wildman–Crippen LogP) is 3.73. The molecule has 0 bridgehead atoms. The molecule has 3 aromatic rings. The second kappa shape index (κ2) is 11.5. The summed E-state index contributed by atoms with van der Waals surface area (Å²) in [7, 11) is 0. The van der Waals surface area contributed by atoms with E-state index in [1.165, 1.54) is 11.8 Å². The van der Waals surface area contributed by atoms with Crippen LogP contribution in [0.2, 0.25) is 5.02 Å². The molecule has 0 saturated heterocycles. The Labute approximate surface area is 195 Å². The summed E-state index contributed by atoms with van der Waals surface area (Å²) in [6.07, 6.45) is 5.20. The Morgan fingerprint density at radius 1 is 1.23 bits per heavy atom. The van der Waals surface area contributed by atoms with Crippen molar-refractivity contribution in [1.29, 1.82) is 0 Å². The average Bonchev–Trinajstić information content (AvgIpc) is 3.36. The second-order valence-electron chi connectivity index (χ2n) is 7.31. The zero-order valence-corrected chi connectivity index (χ0v) is 20.2. The number of amides is 1. The summed E-state index contributed by atoms with van der Waals surface area (Å²) >= 11 is 9.01. The van der Waals surface area contributed by atoms with Gasteiger partial charge in [0, 0.05) is 24.5 Å². The van der Waals surface area contributed by atoms with Gasteiger partial charge in [0.1, 0.15) is 12.2 Å². The molecule has 0 aliphatic rings. The number of rotatable bonds is 11. The normalized spacial score (nSPS) is 11.3. The van der Waals surface area contributed by atoms with Gasteiger partial charge in [-0.05, 0) is 36.8 Å². The maximum atomic E-state index is 12.3. The minimum Gasteiger partial charge on any atom is -0.355 e. The lowest BCUT2D eigenvalue weighted by molar-refractivity contribution is -0.118. The summed E-state index contributed by atoms with van der Waals surface area (Å²) in [5, 5.41) is 21.8. The Morgan fingerprint density at radius 2 is 2.06 bits per heavy atom. The second-order valence-corrected chi connectivity index (χ2v) is 9.47. The molecule has 0 spiro atoms. The summed E-state index contributed by atoms with van der Waals surface area (Å²) in [5.41, 5.74) is 0.857. The number of thioether (sulfide) groups is 2. The topological polar surface area (TPSA) is 90.5 Å². The van der Waals surface area contributed by atoms with Crippen molar-refractivity contribution in [3.63, 3.8) is 0 Å². The number of aryl methyl sites for hydroxylation is 1. The fraction of sp³-hybridized carbons (Fsp3) is 0.450. The van der Waals surface area contributed by atoms with E-state index in [1.54, 1.807) is 18.1 Å². The minimum absolute atomic E-state index is 0.0425. The van der Waals surface area contributed by atoms with Gasteiger partial charge >= 0.3 is 0 Å². The molecule has 3 rings (SSSR count). The first-order valence-electron chi connectivity index (χ1n) is 9.99. The first-order chi connectivity index (χ1) is 15.0. The molecule has 1 N–H and O–H groups in total. The quantitative estimate of drug-likeness (QED) is 0.331. The summed E-state index contributed by atoms with van der Waals surface area (Å²) in [6.45, 7) is 5.84. The van der Waals surface area contributed by atoms with Crippen LogP contribution in [0, 0.1) is 5.92 Å². The van der Waals surface area contributed by atoms with Crippen LogP contribution in [0.3, 0.4) is 0 Å². The summed E-state index contributed by atoms with van der Waals surface area (Å²) in [4.78, 5) is 12.3. The molecule has 1 amide bonds. The van der Waals surface area contributed by atoms with E-state index in [2.05, 4.69) is 44.1 Å². The fourth-order valence-electron chi connectivity index (χ4n) is 2.98. The first kappa shape index (κ1) is 23.6. The van der Waals surface area contributed by atoms with Crippen molar-refractivity contribution in [3.8, 4) is 5.69 Å². The number of hydrogen-bond donors (Lipinski definition) is 1. The highest BCUT2D eigenvalue weighted by atomic mass is 35.5. The molecule has 0 fully saturated rings. The molecule has 1 aromatic carbocycles. The van der Waals surface area contributed by atoms with E-state index in [1.807, 2.05) is 35.1 Å². The van der Waals surface area contributed by atoms with Crippen LogP contribution >= 0.6 is 35.1 Å². The molecule has 0 aliphatic heterocycles. The zero-order chi connectivity index (χ0) is 22.2. The Balaban J connectivity index is 1.45. The van der Waals surface area contributed by atoms with Gasteiger partial charge in [0.05, 0.1) is 11.4 Å². The third-order valence-electron chi connectivity index (χ3n) is 4.36. The van der Waals surface area contributed by atoms with Crippen LogP contribution in [0.1, 0.15) is 26.1 Å². The lowest BCUT2D eigenvalue weighted by Gasteiger charge is -2.11. The summed E-state index contributed by atoms with van der Waals surface area (Å²) in [6, 6.07) is 7.42. The van der Waals surface area contributed by atoms with Gasteiger partial charge in [0.15, 0.2) is 10.3 Å². The van der Waals surface area contributed by atoms with Crippen LogP contribution in [-0.2, 0) is 17.8 Å². The molecular weight excluding hydrogens is 454 g/mol. The Kier molecular flexibility index (Phi) is 8.79. The van der Waals surface area contributed by atoms with Crippen LogP contribution in [0.5, 0.6) is 0 Å². The number of nitrogens with zero attached hydrogens (tertiary/aromatic N) is 6. The molecule has 0 atom stereocenters. The van der Waals surface area contributed by atoms with Crippen LogP contribution in [-0.4, -0.2) is 54.0 Å².